The summed E-state index contributed by atoms with van der Waals surface area (Å²) in [7, 11) is 0. The van der Waals surface area contributed by atoms with Crippen LogP contribution in [0.2, 0.25) is 5.15 Å². The Kier molecular flexibility index (Phi) is 3.65. The minimum atomic E-state index is 0.352. The number of aromatic nitrogens is 1. The van der Waals surface area contributed by atoms with Gasteiger partial charge in [0.25, 0.3) is 0 Å². The van der Waals surface area contributed by atoms with Crippen molar-refractivity contribution in [3.8, 4) is 0 Å². The summed E-state index contributed by atoms with van der Waals surface area (Å²) in [5.74, 6) is 2.43. The fraction of sp³-hybridized carbons (Fsp3) is 0.583. The van der Waals surface area contributed by atoms with Crippen LogP contribution >= 0.6 is 23.4 Å². The monoisotopic (exact) mass is 256 g/mol. The number of anilines is 1. The van der Waals surface area contributed by atoms with E-state index in [9.17, 15) is 0 Å². The third-order valence-electron chi connectivity index (χ3n) is 3.19. The van der Waals surface area contributed by atoms with E-state index < -0.39 is 0 Å². The lowest BCUT2D eigenvalue weighted by atomic mass is 9.82. The first-order chi connectivity index (χ1) is 7.58. The van der Waals surface area contributed by atoms with Crippen LogP contribution in [0.4, 0.5) is 5.69 Å². The smallest absolute Gasteiger partial charge is 0.129 e. The third kappa shape index (κ3) is 2.83. The molecule has 0 spiro atoms. The lowest BCUT2D eigenvalue weighted by Gasteiger charge is -2.39. The fourth-order valence-corrected chi connectivity index (χ4v) is 3.55. The molecule has 1 aromatic heterocycles. The van der Waals surface area contributed by atoms with Crippen LogP contribution in [-0.2, 0) is 0 Å². The summed E-state index contributed by atoms with van der Waals surface area (Å²) in [6.07, 6.45) is 3.06. The molecule has 1 atom stereocenters. The molecule has 0 aromatic carbocycles. The second-order valence-electron chi connectivity index (χ2n) is 4.88. The van der Waals surface area contributed by atoms with Crippen molar-refractivity contribution < 1.29 is 0 Å². The molecule has 2 nitrogen and oxygen atoms in total. The van der Waals surface area contributed by atoms with Crippen molar-refractivity contribution in [3.63, 3.8) is 0 Å². The van der Waals surface area contributed by atoms with E-state index in [1.807, 2.05) is 23.9 Å². The van der Waals surface area contributed by atoms with Gasteiger partial charge in [-0.3, -0.25) is 0 Å². The number of thioether (sulfide) groups is 1. The Hall–Kier alpha value is -0.410. The normalized spacial score (nSPS) is 24.1. The topological polar surface area (TPSA) is 24.9 Å². The van der Waals surface area contributed by atoms with E-state index in [-0.39, 0.29) is 0 Å². The van der Waals surface area contributed by atoms with Gasteiger partial charge in [-0.25, -0.2) is 4.98 Å². The molecule has 2 rings (SSSR count). The molecule has 0 radical (unpaired) electrons. The van der Waals surface area contributed by atoms with Crippen molar-refractivity contribution in [1.82, 2.24) is 4.98 Å². The van der Waals surface area contributed by atoms with Gasteiger partial charge in [0.05, 0.1) is 11.9 Å². The van der Waals surface area contributed by atoms with Crippen LogP contribution in [0.15, 0.2) is 18.3 Å². The van der Waals surface area contributed by atoms with E-state index in [0.717, 1.165) is 11.4 Å². The van der Waals surface area contributed by atoms with E-state index in [0.29, 0.717) is 16.6 Å². The molecule has 1 aliphatic rings. The summed E-state index contributed by atoms with van der Waals surface area (Å²) in [6.45, 7) is 4.65. The number of hydrogen-bond donors (Lipinski definition) is 1. The molecule has 1 fully saturated rings. The Morgan fingerprint density at radius 1 is 1.50 bits per heavy atom. The van der Waals surface area contributed by atoms with Crippen molar-refractivity contribution in [2.24, 2.45) is 5.41 Å². The third-order valence-corrected chi connectivity index (χ3v) is 4.47. The highest BCUT2D eigenvalue weighted by atomic mass is 35.5. The van der Waals surface area contributed by atoms with Crippen LogP contribution in [-0.4, -0.2) is 22.5 Å². The van der Waals surface area contributed by atoms with Crippen molar-refractivity contribution in [2.45, 2.75) is 26.3 Å². The summed E-state index contributed by atoms with van der Waals surface area (Å²) < 4.78 is 0. The van der Waals surface area contributed by atoms with Crippen LogP contribution in [0.1, 0.15) is 20.3 Å². The first-order valence-corrected chi connectivity index (χ1v) is 7.07. The Morgan fingerprint density at radius 2 is 2.31 bits per heavy atom. The summed E-state index contributed by atoms with van der Waals surface area (Å²) in [5.41, 5.74) is 1.41. The van der Waals surface area contributed by atoms with E-state index >= 15 is 0 Å². The average molecular weight is 257 g/mol. The molecule has 0 amide bonds. The van der Waals surface area contributed by atoms with E-state index in [2.05, 4.69) is 24.1 Å². The van der Waals surface area contributed by atoms with Crippen LogP contribution in [0.5, 0.6) is 0 Å². The van der Waals surface area contributed by atoms with E-state index in [1.165, 1.54) is 12.2 Å². The van der Waals surface area contributed by atoms with Gasteiger partial charge in [-0.15, -0.1) is 0 Å². The zero-order chi connectivity index (χ0) is 11.6. The van der Waals surface area contributed by atoms with Gasteiger partial charge in [-0.2, -0.15) is 11.8 Å². The highest BCUT2D eigenvalue weighted by molar-refractivity contribution is 7.99. The Balaban J connectivity index is 2.05. The number of nitrogens with zero attached hydrogens (tertiary/aromatic N) is 1. The van der Waals surface area contributed by atoms with Gasteiger partial charge < -0.3 is 5.32 Å². The summed E-state index contributed by atoms with van der Waals surface area (Å²) in [6, 6.07) is 4.33. The highest BCUT2D eigenvalue weighted by Gasteiger charge is 2.32. The van der Waals surface area contributed by atoms with Gasteiger partial charge in [0.1, 0.15) is 5.15 Å². The lowest BCUT2D eigenvalue weighted by molar-refractivity contribution is 0.305. The largest absolute Gasteiger partial charge is 0.380 e. The molecule has 0 aliphatic carbocycles. The number of pyridine rings is 1. The number of hydrogen-bond acceptors (Lipinski definition) is 3. The molecule has 1 unspecified atom stereocenters. The summed E-state index contributed by atoms with van der Waals surface area (Å²) in [5, 5.41) is 4.10. The predicted molar refractivity (Wildman–Crippen MR) is 72.4 cm³/mol. The fourth-order valence-electron chi connectivity index (χ4n) is 1.84. The van der Waals surface area contributed by atoms with Crippen LogP contribution < -0.4 is 5.32 Å². The van der Waals surface area contributed by atoms with Crippen molar-refractivity contribution in [3.05, 3.63) is 23.5 Å². The van der Waals surface area contributed by atoms with Crippen molar-refractivity contribution in [1.29, 1.82) is 0 Å². The molecule has 16 heavy (non-hydrogen) atoms. The van der Waals surface area contributed by atoms with Gasteiger partial charge in [-0.05, 0) is 29.7 Å². The molecule has 4 heteroatoms. The molecular weight excluding hydrogens is 240 g/mol. The standard InChI is InChI=1S/C12H17ClN2S/c1-12(2)5-6-16-8-10(12)15-9-3-4-11(13)14-7-9/h3-4,7,10,15H,5-6,8H2,1-2H3. The highest BCUT2D eigenvalue weighted by Crippen LogP contribution is 2.35. The molecular formula is C12H17ClN2S. The minimum absolute atomic E-state index is 0.352. The second-order valence-corrected chi connectivity index (χ2v) is 6.42. The summed E-state index contributed by atoms with van der Waals surface area (Å²) in [4.78, 5) is 4.09. The molecule has 1 saturated heterocycles. The molecule has 1 aliphatic heterocycles. The van der Waals surface area contributed by atoms with Gasteiger partial charge in [-0.1, -0.05) is 25.4 Å². The molecule has 1 aromatic rings. The lowest BCUT2D eigenvalue weighted by Crippen LogP contribution is -2.41. The molecule has 0 bridgehead atoms. The maximum absolute atomic E-state index is 5.77. The van der Waals surface area contributed by atoms with Gasteiger partial charge >= 0.3 is 0 Å². The minimum Gasteiger partial charge on any atom is -0.380 e. The Labute approximate surface area is 106 Å². The van der Waals surface area contributed by atoms with Gasteiger partial charge in [0, 0.05) is 11.8 Å². The zero-order valence-corrected chi connectivity index (χ0v) is 11.2. The summed E-state index contributed by atoms with van der Waals surface area (Å²) >= 11 is 7.79. The molecule has 88 valence electrons. The van der Waals surface area contributed by atoms with E-state index in [1.54, 1.807) is 6.20 Å². The van der Waals surface area contributed by atoms with Crippen molar-refractivity contribution >= 4 is 29.1 Å². The zero-order valence-electron chi connectivity index (χ0n) is 9.66. The van der Waals surface area contributed by atoms with Gasteiger partial charge in [0.15, 0.2) is 0 Å². The van der Waals surface area contributed by atoms with Crippen LogP contribution in [0.3, 0.4) is 0 Å². The van der Waals surface area contributed by atoms with Crippen LogP contribution in [0.25, 0.3) is 0 Å². The maximum Gasteiger partial charge on any atom is 0.129 e. The first kappa shape index (κ1) is 12.1. The predicted octanol–water partition coefficient (Wildman–Crippen LogP) is 3.68. The molecule has 2 heterocycles. The molecule has 1 N–H and O–H groups in total. The number of halogens is 1. The SMILES string of the molecule is CC1(C)CCSCC1Nc1ccc(Cl)nc1. The number of nitrogens with one attached hydrogen (secondary N) is 1. The molecule has 0 saturated carbocycles. The maximum atomic E-state index is 5.77. The van der Waals surface area contributed by atoms with Crippen LogP contribution in [0, 0.1) is 5.41 Å². The van der Waals surface area contributed by atoms with Gasteiger partial charge in [0.2, 0.25) is 0 Å². The quantitative estimate of drug-likeness (QED) is 0.818. The average Bonchev–Trinajstić information content (AvgIpc) is 2.24. The second kappa shape index (κ2) is 4.84. The Morgan fingerprint density at radius 3 is 2.94 bits per heavy atom. The Bertz CT molecular complexity index is 351. The number of rotatable bonds is 2. The first-order valence-electron chi connectivity index (χ1n) is 5.54. The van der Waals surface area contributed by atoms with Crippen molar-refractivity contribution in [2.75, 3.05) is 16.8 Å². The van der Waals surface area contributed by atoms with E-state index in [4.69, 9.17) is 11.6 Å².